The summed E-state index contributed by atoms with van der Waals surface area (Å²) < 4.78 is 1.42. The van der Waals surface area contributed by atoms with E-state index in [-0.39, 0.29) is 37.1 Å². The van der Waals surface area contributed by atoms with Crippen LogP contribution in [0.25, 0.3) is 16.6 Å². The molecule has 238 valence electrons. The number of aromatic nitrogens is 2. The third-order valence-corrected chi connectivity index (χ3v) is 9.55. The molecule has 3 atom stereocenters. The van der Waals surface area contributed by atoms with E-state index in [0.29, 0.717) is 40.8 Å². The zero-order valence-electron chi connectivity index (χ0n) is 26.0. The van der Waals surface area contributed by atoms with Crippen molar-refractivity contribution < 1.29 is 19.8 Å². The Bertz CT molecular complexity index is 2070. The van der Waals surface area contributed by atoms with Crippen LogP contribution in [0.2, 0.25) is 0 Å². The highest BCUT2D eigenvalue weighted by atomic mass is 16.3. The first-order chi connectivity index (χ1) is 22.8. The molecule has 0 fully saturated rings. The fraction of sp³-hybridized carbons (Fsp3) is 0.237. The van der Waals surface area contributed by atoms with Gasteiger partial charge in [0.05, 0.1) is 41.5 Å². The number of aliphatic hydroxyl groups is 2. The highest BCUT2D eigenvalue weighted by Gasteiger charge is 2.52. The van der Waals surface area contributed by atoms with Gasteiger partial charge in [-0.3, -0.25) is 19.5 Å². The molecular weight excluding hydrogens is 592 g/mol. The van der Waals surface area contributed by atoms with Crippen LogP contribution in [0.4, 0.5) is 5.69 Å². The van der Waals surface area contributed by atoms with Crippen LogP contribution in [0.5, 0.6) is 0 Å². The molecule has 0 bridgehead atoms. The van der Waals surface area contributed by atoms with Crippen molar-refractivity contribution in [2.24, 2.45) is 5.92 Å². The average Bonchev–Trinajstić information content (AvgIpc) is 3.55. The van der Waals surface area contributed by atoms with E-state index in [2.05, 4.69) is 5.10 Å². The molecular formula is C38H36N4O5. The van der Waals surface area contributed by atoms with Crippen molar-refractivity contribution in [3.05, 3.63) is 142 Å². The number of H-pyrrole nitrogens is 1. The molecule has 2 amide bonds. The lowest BCUT2D eigenvalue weighted by Crippen LogP contribution is -2.46. The molecule has 4 aromatic carbocycles. The fourth-order valence-electron chi connectivity index (χ4n) is 6.91. The summed E-state index contributed by atoms with van der Waals surface area (Å²) in [6, 6.07) is 29.6. The molecule has 0 spiro atoms. The topological polar surface area (TPSA) is 119 Å². The highest BCUT2D eigenvalue weighted by Crippen LogP contribution is 2.46. The maximum Gasteiger partial charge on any atom is 0.279 e. The summed E-state index contributed by atoms with van der Waals surface area (Å²) in [6.45, 7) is 2.30. The SMILES string of the molecule is C[C@@H](/C=C/CC(=O)N1Cc2ccccc2C[C@H]1CO)[C@]1(O)C(=O)N(Cc2ccccc2)c2ccc(-n3[nH]c4ccccc4c3=O)cc21. The Morgan fingerprint density at radius 2 is 1.70 bits per heavy atom. The van der Waals surface area contributed by atoms with Crippen LogP contribution in [0.3, 0.4) is 0 Å². The smallest absolute Gasteiger partial charge is 0.279 e. The van der Waals surface area contributed by atoms with Crippen molar-refractivity contribution in [2.75, 3.05) is 11.5 Å². The van der Waals surface area contributed by atoms with Gasteiger partial charge in [-0.05, 0) is 53.4 Å². The van der Waals surface area contributed by atoms with Gasteiger partial charge < -0.3 is 20.0 Å². The van der Waals surface area contributed by atoms with Gasteiger partial charge in [0.15, 0.2) is 5.60 Å². The van der Waals surface area contributed by atoms with Crippen molar-refractivity contribution in [2.45, 2.75) is 44.5 Å². The van der Waals surface area contributed by atoms with Gasteiger partial charge >= 0.3 is 0 Å². The summed E-state index contributed by atoms with van der Waals surface area (Å²) in [6.07, 6.45) is 4.04. The molecule has 9 heteroatoms. The Kier molecular flexibility index (Phi) is 7.87. The Morgan fingerprint density at radius 3 is 2.47 bits per heavy atom. The lowest BCUT2D eigenvalue weighted by Gasteiger charge is -2.36. The van der Waals surface area contributed by atoms with E-state index in [1.807, 2.05) is 66.7 Å². The first-order valence-electron chi connectivity index (χ1n) is 15.9. The second-order valence-electron chi connectivity index (χ2n) is 12.4. The molecule has 2 aliphatic rings. The normalized spacial score (nSPS) is 19.7. The number of benzene rings is 4. The molecule has 2 aliphatic heterocycles. The number of para-hydroxylation sites is 1. The summed E-state index contributed by atoms with van der Waals surface area (Å²) in [4.78, 5) is 44.1. The maximum atomic E-state index is 14.2. The molecule has 3 N–H and O–H groups in total. The number of carbonyl (C=O) groups excluding carboxylic acids is 2. The molecule has 9 nitrogen and oxygen atoms in total. The predicted molar refractivity (Wildman–Crippen MR) is 180 cm³/mol. The number of rotatable bonds is 8. The lowest BCUT2D eigenvalue weighted by molar-refractivity contribution is -0.139. The summed E-state index contributed by atoms with van der Waals surface area (Å²) in [5.74, 6) is -1.33. The van der Waals surface area contributed by atoms with E-state index in [1.54, 1.807) is 59.2 Å². The van der Waals surface area contributed by atoms with Gasteiger partial charge in [0.1, 0.15) is 0 Å². The third kappa shape index (κ3) is 5.27. The zero-order valence-corrected chi connectivity index (χ0v) is 26.0. The Labute approximate surface area is 272 Å². The van der Waals surface area contributed by atoms with Crippen LogP contribution in [0.15, 0.2) is 114 Å². The second kappa shape index (κ2) is 12.2. The van der Waals surface area contributed by atoms with Crippen LogP contribution in [-0.4, -0.2) is 49.4 Å². The lowest BCUT2D eigenvalue weighted by atomic mass is 9.82. The minimum atomic E-state index is -1.95. The molecule has 7 rings (SSSR count). The maximum absolute atomic E-state index is 14.2. The van der Waals surface area contributed by atoms with Crippen molar-refractivity contribution in [3.63, 3.8) is 0 Å². The minimum Gasteiger partial charge on any atom is -0.394 e. The van der Waals surface area contributed by atoms with Crippen molar-refractivity contribution in [1.29, 1.82) is 0 Å². The van der Waals surface area contributed by atoms with Gasteiger partial charge in [0.25, 0.3) is 11.5 Å². The number of aromatic amines is 1. The van der Waals surface area contributed by atoms with Crippen LogP contribution in [0.1, 0.15) is 35.6 Å². The van der Waals surface area contributed by atoms with E-state index in [4.69, 9.17) is 0 Å². The molecule has 1 aromatic heterocycles. The number of nitrogens with one attached hydrogen (secondary N) is 1. The van der Waals surface area contributed by atoms with E-state index >= 15 is 0 Å². The summed E-state index contributed by atoms with van der Waals surface area (Å²) in [5, 5.41) is 26.0. The molecule has 47 heavy (non-hydrogen) atoms. The van der Waals surface area contributed by atoms with E-state index in [1.165, 1.54) is 4.68 Å². The van der Waals surface area contributed by atoms with Crippen LogP contribution >= 0.6 is 0 Å². The van der Waals surface area contributed by atoms with Gasteiger partial charge in [0, 0.05) is 24.4 Å². The van der Waals surface area contributed by atoms with E-state index in [0.717, 1.165) is 16.7 Å². The number of fused-ring (bicyclic) bond motifs is 3. The number of hydrogen-bond acceptors (Lipinski definition) is 5. The first-order valence-corrected chi connectivity index (χ1v) is 15.9. The van der Waals surface area contributed by atoms with Crippen molar-refractivity contribution >= 4 is 28.4 Å². The Hall–Kier alpha value is -5.25. The summed E-state index contributed by atoms with van der Waals surface area (Å²) in [5.41, 5.74) is 3.03. The third-order valence-electron chi connectivity index (χ3n) is 9.55. The van der Waals surface area contributed by atoms with Gasteiger partial charge in [0.2, 0.25) is 5.91 Å². The van der Waals surface area contributed by atoms with Crippen LogP contribution in [0, 0.1) is 5.92 Å². The second-order valence-corrected chi connectivity index (χ2v) is 12.4. The fourth-order valence-corrected chi connectivity index (χ4v) is 6.91. The summed E-state index contributed by atoms with van der Waals surface area (Å²) >= 11 is 0. The van der Waals surface area contributed by atoms with E-state index in [9.17, 15) is 24.6 Å². The highest BCUT2D eigenvalue weighted by molar-refractivity contribution is 6.07. The molecule has 0 radical (unpaired) electrons. The Morgan fingerprint density at radius 1 is 0.979 bits per heavy atom. The number of carbonyl (C=O) groups is 2. The number of anilines is 1. The van der Waals surface area contributed by atoms with Crippen LogP contribution < -0.4 is 10.5 Å². The molecule has 3 heterocycles. The number of hydrogen-bond donors (Lipinski definition) is 3. The van der Waals surface area contributed by atoms with Crippen LogP contribution in [-0.2, 0) is 34.7 Å². The number of amides is 2. The molecule has 0 aliphatic carbocycles. The monoisotopic (exact) mass is 628 g/mol. The standard InChI is InChI=1S/C38H36N4O5/c1-25(10-9-17-35(44)40-23-28-14-6-5-13-27(28)20-30(40)24-43)38(47)32-21-29(42-36(45)31-15-7-8-16-33(31)39-42)18-19-34(32)41(37(38)46)22-26-11-3-2-4-12-26/h2-16,18-19,21,25,30,39,43,47H,17,20,22-24H2,1H3/b10-9+/t25-,30-,38+/m0/s1. The van der Waals surface area contributed by atoms with Gasteiger partial charge in [-0.15, -0.1) is 0 Å². The zero-order chi connectivity index (χ0) is 32.7. The van der Waals surface area contributed by atoms with Crippen molar-refractivity contribution in [3.8, 4) is 5.69 Å². The predicted octanol–water partition coefficient (Wildman–Crippen LogP) is 4.58. The molecule has 5 aromatic rings. The summed E-state index contributed by atoms with van der Waals surface area (Å²) in [7, 11) is 0. The Balaban J connectivity index is 1.20. The molecule has 0 saturated heterocycles. The number of aliphatic hydroxyl groups excluding tert-OH is 1. The largest absolute Gasteiger partial charge is 0.394 e. The van der Waals surface area contributed by atoms with Crippen molar-refractivity contribution in [1.82, 2.24) is 14.7 Å². The van der Waals surface area contributed by atoms with Gasteiger partial charge in [-0.2, -0.15) is 0 Å². The minimum absolute atomic E-state index is 0.0539. The average molecular weight is 629 g/mol. The quantitative estimate of drug-likeness (QED) is 0.218. The van der Waals surface area contributed by atoms with Gasteiger partial charge in [-0.25, -0.2) is 4.68 Å². The van der Waals surface area contributed by atoms with E-state index < -0.39 is 17.4 Å². The number of nitrogens with zero attached hydrogens (tertiary/aromatic N) is 3. The first kappa shape index (κ1) is 30.4. The molecule has 0 unspecified atom stereocenters. The van der Waals surface area contributed by atoms with Gasteiger partial charge in [-0.1, -0.05) is 85.8 Å². The molecule has 0 saturated carbocycles.